The summed E-state index contributed by atoms with van der Waals surface area (Å²) in [6.45, 7) is 2.07. The summed E-state index contributed by atoms with van der Waals surface area (Å²) in [6.07, 6.45) is 1.13. The van der Waals surface area contributed by atoms with E-state index < -0.39 is 21.1 Å². The van der Waals surface area contributed by atoms with E-state index in [1.807, 2.05) is 19.0 Å². The molecule has 2 atom stereocenters. The van der Waals surface area contributed by atoms with Crippen LogP contribution in [0.4, 0.5) is 0 Å². The fourth-order valence-electron chi connectivity index (χ4n) is 1.22. The topological polar surface area (TPSA) is 102 Å². The summed E-state index contributed by atoms with van der Waals surface area (Å²) in [5.41, 5.74) is 5.84. The van der Waals surface area contributed by atoms with Gasteiger partial charge < -0.3 is 15.2 Å². The number of likely N-dealkylation sites (N-methyl/N-ethyl adjacent to an activating group) is 1. The van der Waals surface area contributed by atoms with Crippen molar-refractivity contribution in [3.63, 3.8) is 0 Å². The first-order chi connectivity index (χ1) is 7.71. The first kappa shape index (κ1) is 14.1. The number of aromatic nitrogens is 2. The van der Waals surface area contributed by atoms with E-state index in [4.69, 9.17) is 10.3 Å². The molecule has 1 aromatic heterocycles. The Balaban J connectivity index is 2.85. The van der Waals surface area contributed by atoms with Crippen molar-refractivity contribution in [1.82, 2.24) is 15.0 Å². The van der Waals surface area contributed by atoms with Gasteiger partial charge in [-0.15, -0.1) is 0 Å². The Kier molecular flexibility index (Phi) is 4.23. The number of rotatable bonds is 5. The Morgan fingerprint density at radius 3 is 2.53 bits per heavy atom. The molecule has 17 heavy (non-hydrogen) atoms. The van der Waals surface area contributed by atoms with Crippen molar-refractivity contribution in [3.05, 3.63) is 11.7 Å². The normalized spacial score (nSPS) is 16.1. The summed E-state index contributed by atoms with van der Waals surface area (Å²) in [7, 11) is 0.511. The van der Waals surface area contributed by atoms with Gasteiger partial charge >= 0.3 is 0 Å². The molecule has 0 aliphatic carbocycles. The summed E-state index contributed by atoms with van der Waals surface area (Å²) >= 11 is 0. The molecule has 0 radical (unpaired) electrons. The Bertz CT molecular complexity index is 468. The molecule has 0 aliphatic heterocycles. The number of nitrogens with zero attached hydrogens (tertiary/aromatic N) is 3. The smallest absolute Gasteiger partial charge is 0.244 e. The maximum Gasteiger partial charge on any atom is 0.244 e. The highest BCUT2D eigenvalue weighted by Crippen LogP contribution is 2.20. The van der Waals surface area contributed by atoms with Crippen LogP contribution in [0.15, 0.2) is 4.52 Å². The third-order valence-electron chi connectivity index (χ3n) is 2.34. The molecular formula is C9H18N4O3S. The van der Waals surface area contributed by atoms with Crippen LogP contribution < -0.4 is 5.73 Å². The summed E-state index contributed by atoms with van der Waals surface area (Å²) in [5, 5.41) is 2.89. The van der Waals surface area contributed by atoms with Gasteiger partial charge in [0, 0.05) is 12.8 Å². The fourth-order valence-corrected chi connectivity index (χ4v) is 1.68. The van der Waals surface area contributed by atoms with Crippen molar-refractivity contribution in [1.29, 1.82) is 0 Å². The monoisotopic (exact) mass is 262 g/mol. The quantitative estimate of drug-likeness (QED) is 0.779. The predicted octanol–water partition coefficient (Wildman–Crippen LogP) is -0.263. The Labute approximate surface area is 101 Å². The molecule has 2 N–H and O–H groups in total. The molecule has 0 amide bonds. The molecule has 8 heteroatoms. The molecule has 7 nitrogen and oxygen atoms in total. The second kappa shape index (κ2) is 5.11. The van der Waals surface area contributed by atoms with E-state index in [9.17, 15) is 8.42 Å². The van der Waals surface area contributed by atoms with E-state index in [1.165, 1.54) is 6.92 Å². The first-order valence-corrected chi connectivity index (χ1v) is 7.10. The van der Waals surface area contributed by atoms with Gasteiger partial charge in [-0.3, -0.25) is 0 Å². The molecule has 1 rings (SSSR count). The van der Waals surface area contributed by atoms with Gasteiger partial charge in [0.15, 0.2) is 15.7 Å². The minimum absolute atomic E-state index is 0.0803. The van der Waals surface area contributed by atoms with E-state index in [2.05, 4.69) is 10.1 Å². The van der Waals surface area contributed by atoms with Crippen molar-refractivity contribution in [2.24, 2.45) is 5.73 Å². The van der Waals surface area contributed by atoms with Crippen LogP contribution in [0.5, 0.6) is 0 Å². The van der Waals surface area contributed by atoms with E-state index in [0.29, 0.717) is 12.4 Å². The third-order valence-corrected chi connectivity index (χ3v) is 3.83. The van der Waals surface area contributed by atoms with Crippen molar-refractivity contribution in [3.8, 4) is 0 Å². The molecule has 0 saturated carbocycles. The number of nitrogens with two attached hydrogens (primary N) is 1. The van der Waals surface area contributed by atoms with Gasteiger partial charge in [-0.25, -0.2) is 8.42 Å². The van der Waals surface area contributed by atoms with Crippen LogP contribution >= 0.6 is 0 Å². The van der Waals surface area contributed by atoms with E-state index >= 15 is 0 Å². The van der Waals surface area contributed by atoms with Crippen LogP contribution in [-0.2, 0) is 9.84 Å². The number of hydrogen-bond acceptors (Lipinski definition) is 7. The highest BCUT2D eigenvalue weighted by molar-refractivity contribution is 7.90. The summed E-state index contributed by atoms with van der Waals surface area (Å²) in [5.74, 6) is 0.404. The second-order valence-corrected chi connectivity index (χ2v) is 6.70. The van der Waals surface area contributed by atoms with Crippen molar-refractivity contribution in [2.75, 3.05) is 26.9 Å². The zero-order valence-corrected chi connectivity index (χ0v) is 11.2. The van der Waals surface area contributed by atoms with Crippen LogP contribution in [0.1, 0.15) is 29.9 Å². The maximum atomic E-state index is 11.3. The largest absolute Gasteiger partial charge is 0.338 e. The minimum Gasteiger partial charge on any atom is -0.338 e. The van der Waals surface area contributed by atoms with Crippen LogP contribution in [0.25, 0.3) is 0 Å². The Morgan fingerprint density at radius 1 is 1.47 bits per heavy atom. The standard InChI is InChI=1S/C9H18N4O3S/c1-6(17(4,14)15)9-11-8(12-16-9)7(10)5-13(2)3/h6-7H,5,10H2,1-4H3. The van der Waals surface area contributed by atoms with Gasteiger partial charge in [0.05, 0.1) is 6.04 Å². The summed E-state index contributed by atoms with van der Waals surface area (Å²) in [6, 6.07) is -0.394. The van der Waals surface area contributed by atoms with Crippen LogP contribution in [0.3, 0.4) is 0 Å². The van der Waals surface area contributed by atoms with Crippen LogP contribution in [0.2, 0.25) is 0 Å². The lowest BCUT2D eigenvalue weighted by Crippen LogP contribution is -2.26. The molecule has 98 valence electrons. The van der Waals surface area contributed by atoms with Crippen molar-refractivity contribution in [2.45, 2.75) is 18.2 Å². The zero-order valence-electron chi connectivity index (χ0n) is 10.4. The molecule has 0 fully saturated rings. The predicted molar refractivity (Wildman–Crippen MR) is 63.0 cm³/mol. The molecule has 0 bridgehead atoms. The molecule has 0 spiro atoms. The Hall–Kier alpha value is -0.990. The maximum absolute atomic E-state index is 11.3. The van der Waals surface area contributed by atoms with Crippen molar-refractivity contribution >= 4 is 9.84 Å². The lowest BCUT2D eigenvalue weighted by molar-refractivity contribution is 0.346. The number of sulfone groups is 1. The van der Waals surface area contributed by atoms with E-state index in [1.54, 1.807) is 0 Å². The van der Waals surface area contributed by atoms with Gasteiger partial charge in [0.25, 0.3) is 0 Å². The fraction of sp³-hybridized carbons (Fsp3) is 0.778. The molecule has 0 saturated heterocycles. The van der Waals surface area contributed by atoms with Crippen LogP contribution in [0, 0.1) is 0 Å². The SMILES string of the molecule is CC(c1nc(C(N)CN(C)C)no1)S(C)(=O)=O. The Morgan fingerprint density at radius 2 is 2.06 bits per heavy atom. The molecule has 1 heterocycles. The highest BCUT2D eigenvalue weighted by Gasteiger charge is 2.25. The zero-order chi connectivity index (χ0) is 13.2. The third kappa shape index (κ3) is 3.76. The molecule has 0 aliphatic rings. The first-order valence-electron chi connectivity index (χ1n) is 5.14. The highest BCUT2D eigenvalue weighted by atomic mass is 32.2. The second-order valence-electron chi connectivity index (χ2n) is 4.33. The average Bonchev–Trinajstić information content (AvgIpc) is 2.62. The molecule has 0 aromatic carbocycles. The van der Waals surface area contributed by atoms with Gasteiger partial charge in [-0.2, -0.15) is 4.98 Å². The van der Waals surface area contributed by atoms with Gasteiger partial charge in [0.2, 0.25) is 5.89 Å². The van der Waals surface area contributed by atoms with Crippen LogP contribution in [-0.4, -0.2) is 50.4 Å². The summed E-state index contributed by atoms with van der Waals surface area (Å²) in [4.78, 5) is 5.91. The minimum atomic E-state index is -3.24. The van der Waals surface area contributed by atoms with Gasteiger partial charge in [0.1, 0.15) is 5.25 Å². The van der Waals surface area contributed by atoms with E-state index in [0.717, 1.165) is 6.26 Å². The van der Waals surface area contributed by atoms with Crippen molar-refractivity contribution < 1.29 is 12.9 Å². The lowest BCUT2D eigenvalue weighted by Gasteiger charge is -2.12. The summed E-state index contributed by atoms with van der Waals surface area (Å²) < 4.78 is 27.6. The molecular weight excluding hydrogens is 244 g/mol. The lowest BCUT2D eigenvalue weighted by atomic mass is 10.3. The van der Waals surface area contributed by atoms with E-state index in [-0.39, 0.29) is 5.89 Å². The van der Waals surface area contributed by atoms with Gasteiger partial charge in [-0.1, -0.05) is 5.16 Å². The average molecular weight is 262 g/mol. The van der Waals surface area contributed by atoms with Gasteiger partial charge in [-0.05, 0) is 21.0 Å². The number of hydrogen-bond donors (Lipinski definition) is 1. The molecule has 1 aromatic rings. The molecule has 2 unspecified atom stereocenters.